The highest BCUT2D eigenvalue weighted by molar-refractivity contribution is 7.21. The van der Waals surface area contributed by atoms with E-state index in [2.05, 4.69) is 10.3 Å². The number of esters is 1. The zero-order valence-electron chi connectivity index (χ0n) is 23.9. The van der Waals surface area contributed by atoms with Gasteiger partial charge in [0.1, 0.15) is 34.5 Å². The first kappa shape index (κ1) is 30.8. The van der Waals surface area contributed by atoms with Crippen LogP contribution in [0.25, 0.3) is 10.2 Å². The maximum atomic E-state index is 14.9. The SMILES string of the molecule is Cc1ccc(F)c(CC(=O)Cc2ccc(Oc3ccnc4cc(C(=O)NCCCC(=O)OC(C)(C)C)sc34)cc2F)c1. The molecule has 0 spiro atoms. The van der Waals surface area contributed by atoms with Crippen LogP contribution in [0.2, 0.25) is 0 Å². The van der Waals surface area contributed by atoms with Crippen LogP contribution in [0.4, 0.5) is 8.78 Å². The van der Waals surface area contributed by atoms with Gasteiger partial charge in [-0.2, -0.15) is 0 Å². The van der Waals surface area contributed by atoms with Crippen LogP contribution >= 0.6 is 11.3 Å². The number of aromatic nitrogens is 1. The Morgan fingerprint density at radius 1 is 0.952 bits per heavy atom. The molecule has 2 aromatic heterocycles. The van der Waals surface area contributed by atoms with Crippen LogP contribution in [0.3, 0.4) is 0 Å². The number of halogens is 2. The molecule has 220 valence electrons. The van der Waals surface area contributed by atoms with Crippen LogP contribution in [-0.2, 0) is 27.2 Å². The van der Waals surface area contributed by atoms with Crippen molar-refractivity contribution < 1.29 is 32.6 Å². The van der Waals surface area contributed by atoms with Gasteiger partial charge in [0.2, 0.25) is 0 Å². The first-order chi connectivity index (χ1) is 19.9. The molecule has 4 aromatic rings. The minimum atomic E-state index is -0.617. The van der Waals surface area contributed by atoms with Gasteiger partial charge in [-0.25, -0.2) is 8.78 Å². The summed E-state index contributed by atoms with van der Waals surface area (Å²) in [5.74, 6) is -1.41. The van der Waals surface area contributed by atoms with Crippen molar-refractivity contribution in [2.75, 3.05) is 6.54 Å². The molecule has 0 aliphatic carbocycles. The molecule has 0 radical (unpaired) electrons. The second kappa shape index (κ2) is 13.2. The number of amides is 1. The number of rotatable bonds is 11. The van der Waals surface area contributed by atoms with E-state index in [-0.39, 0.29) is 53.8 Å². The molecule has 0 unspecified atom stereocenters. The van der Waals surface area contributed by atoms with E-state index in [4.69, 9.17) is 9.47 Å². The third-order valence-corrected chi connectivity index (χ3v) is 7.23. The molecule has 0 saturated carbocycles. The Hall–Kier alpha value is -4.18. The van der Waals surface area contributed by atoms with Crippen molar-refractivity contribution in [2.45, 2.75) is 59.0 Å². The molecular weight excluding hydrogens is 562 g/mol. The van der Waals surface area contributed by atoms with E-state index in [1.807, 2.05) is 6.92 Å². The van der Waals surface area contributed by atoms with Crippen LogP contribution in [0, 0.1) is 18.6 Å². The Balaban J connectivity index is 1.37. The maximum absolute atomic E-state index is 14.9. The number of pyridine rings is 1. The van der Waals surface area contributed by atoms with E-state index in [1.165, 1.54) is 35.7 Å². The van der Waals surface area contributed by atoms with Crippen LogP contribution in [0.5, 0.6) is 11.5 Å². The number of aryl methyl sites for hydroxylation is 1. The third-order valence-electron chi connectivity index (χ3n) is 6.09. The number of hydrogen-bond donors (Lipinski definition) is 1. The Morgan fingerprint density at radius 3 is 2.45 bits per heavy atom. The first-order valence-corrected chi connectivity index (χ1v) is 14.3. The first-order valence-electron chi connectivity index (χ1n) is 13.5. The van der Waals surface area contributed by atoms with Crippen molar-refractivity contribution >= 4 is 39.2 Å². The van der Waals surface area contributed by atoms with Crippen LogP contribution in [-0.4, -0.2) is 34.8 Å². The number of thiophene rings is 1. The fraction of sp³-hybridized carbons (Fsp3) is 0.312. The standard InChI is InChI=1S/C32H32F2N2O5S/c1-19-7-10-24(33)21(14-19)16-22(37)15-20-8-9-23(17-25(20)34)40-27-11-13-35-26-18-28(42-30(26)27)31(39)36-12-5-6-29(38)41-32(2,3)4/h7-11,13-14,17-18H,5-6,12,15-16H2,1-4H3,(H,36,39). The summed E-state index contributed by atoms with van der Waals surface area (Å²) in [5.41, 5.74) is 1.29. The largest absolute Gasteiger partial charge is 0.460 e. The predicted molar refractivity (Wildman–Crippen MR) is 157 cm³/mol. The van der Waals surface area contributed by atoms with Crippen LogP contribution in [0.1, 0.15) is 60.0 Å². The monoisotopic (exact) mass is 594 g/mol. The summed E-state index contributed by atoms with van der Waals surface area (Å²) in [5, 5.41) is 2.79. The Labute approximate surface area is 246 Å². The molecule has 0 bridgehead atoms. The number of carbonyl (C=O) groups excluding carboxylic acids is 3. The molecule has 42 heavy (non-hydrogen) atoms. The molecule has 7 nitrogen and oxygen atoms in total. The maximum Gasteiger partial charge on any atom is 0.306 e. The van der Waals surface area contributed by atoms with Crippen molar-refractivity contribution in [1.82, 2.24) is 10.3 Å². The summed E-state index contributed by atoms with van der Waals surface area (Å²) in [6, 6.07) is 12.0. The van der Waals surface area contributed by atoms with Gasteiger partial charge in [0, 0.05) is 44.1 Å². The number of hydrogen-bond acceptors (Lipinski definition) is 7. The zero-order valence-corrected chi connectivity index (χ0v) is 24.7. The second-order valence-corrected chi connectivity index (χ2v) is 12.0. The minimum Gasteiger partial charge on any atom is -0.460 e. The van der Waals surface area contributed by atoms with E-state index >= 15 is 0 Å². The van der Waals surface area contributed by atoms with Gasteiger partial charge in [-0.3, -0.25) is 19.4 Å². The lowest BCUT2D eigenvalue weighted by atomic mass is 10.0. The van der Waals surface area contributed by atoms with Gasteiger partial charge in [-0.15, -0.1) is 11.3 Å². The number of ketones is 1. The molecule has 10 heteroatoms. The third kappa shape index (κ3) is 8.42. The van der Waals surface area contributed by atoms with Gasteiger partial charge < -0.3 is 14.8 Å². The van der Waals surface area contributed by atoms with Crippen molar-refractivity contribution in [3.8, 4) is 11.5 Å². The van der Waals surface area contributed by atoms with Crippen molar-refractivity contribution in [1.29, 1.82) is 0 Å². The number of benzene rings is 2. The molecule has 4 rings (SSSR count). The molecule has 0 aliphatic rings. The molecule has 0 saturated heterocycles. The average Bonchev–Trinajstić information content (AvgIpc) is 3.35. The van der Waals surface area contributed by atoms with E-state index in [0.29, 0.717) is 33.8 Å². The summed E-state index contributed by atoms with van der Waals surface area (Å²) < 4.78 is 40.7. The number of Topliss-reactive ketones (excluding diaryl/α,β-unsaturated/α-hetero) is 1. The highest BCUT2D eigenvalue weighted by atomic mass is 32.1. The minimum absolute atomic E-state index is 0.127. The fourth-order valence-electron chi connectivity index (χ4n) is 4.21. The lowest BCUT2D eigenvalue weighted by Gasteiger charge is -2.19. The Bertz CT molecular complexity index is 1630. The number of nitrogens with zero attached hydrogens (tertiary/aromatic N) is 1. The number of nitrogens with one attached hydrogen (secondary N) is 1. The van der Waals surface area contributed by atoms with E-state index in [1.54, 1.807) is 51.1 Å². The van der Waals surface area contributed by atoms with Gasteiger partial charge in [-0.1, -0.05) is 23.8 Å². The lowest BCUT2D eigenvalue weighted by molar-refractivity contribution is -0.154. The predicted octanol–water partition coefficient (Wildman–Crippen LogP) is 6.88. The average molecular weight is 595 g/mol. The molecule has 0 fully saturated rings. The Kier molecular flexibility index (Phi) is 9.67. The number of carbonyl (C=O) groups is 3. The fourth-order valence-corrected chi connectivity index (χ4v) is 5.19. The normalized spacial score (nSPS) is 11.4. The molecule has 2 aromatic carbocycles. The van der Waals surface area contributed by atoms with E-state index in [0.717, 1.165) is 5.56 Å². The highest BCUT2D eigenvalue weighted by Crippen LogP contribution is 2.35. The highest BCUT2D eigenvalue weighted by Gasteiger charge is 2.18. The van der Waals surface area contributed by atoms with Gasteiger partial charge in [0.15, 0.2) is 0 Å². The summed E-state index contributed by atoms with van der Waals surface area (Å²) in [6.45, 7) is 7.51. The van der Waals surface area contributed by atoms with Gasteiger partial charge >= 0.3 is 5.97 Å². The van der Waals surface area contributed by atoms with Gasteiger partial charge in [0.25, 0.3) is 5.91 Å². The summed E-state index contributed by atoms with van der Waals surface area (Å²) >= 11 is 1.18. The van der Waals surface area contributed by atoms with Gasteiger partial charge in [0.05, 0.1) is 15.1 Å². The molecule has 0 atom stereocenters. The molecule has 0 aliphatic heterocycles. The van der Waals surface area contributed by atoms with Crippen LogP contribution < -0.4 is 10.1 Å². The summed E-state index contributed by atoms with van der Waals surface area (Å²) in [6.07, 6.45) is 1.85. The lowest BCUT2D eigenvalue weighted by Crippen LogP contribution is -2.26. The summed E-state index contributed by atoms with van der Waals surface area (Å²) in [4.78, 5) is 41.8. The smallest absolute Gasteiger partial charge is 0.306 e. The molecular formula is C32H32F2N2O5S. The number of ether oxygens (including phenoxy) is 2. The quantitative estimate of drug-likeness (QED) is 0.150. The molecule has 1 amide bonds. The molecule has 1 N–H and O–H groups in total. The molecule has 2 heterocycles. The van der Waals surface area contributed by atoms with Gasteiger partial charge in [-0.05, 0) is 63.4 Å². The van der Waals surface area contributed by atoms with Crippen LogP contribution in [0.15, 0.2) is 54.7 Å². The summed E-state index contributed by atoms with van der Waals surface area (Å²) in [7, 11) is 0. The van der Waals surface area contributed by atoms with Crippen molar-refractivity contribution in [3.63, 3.8) is 0 Å². The Morgan fingerprint density at radius 2 is 1.71 bits per heavy atom. The topological polar surface area (TPSA) is 94.6 Å². The van der Waals surface area contributed by atoms with E-state index in [9.17, 15) is 23.2 Å². The van der Waals surface area contributed by atoms with E-state index < -0.39 is 17.2 Å². The zero-order chi connectivity index (χ0) is 30.4. The van der Waals surface area contributed by atoms with Crippen molar-refractivity contribution in [2.24, 2.45) is 0 Å². The number of fused-ring (bicyclic) bond motifs is 1. The van der Waals surface area contributed by atoms with Crippen molar-refractivity contribution in [3.05, 3.63) is 87.9 Å². The second-order valence-electron chi connectivity index (χ2n) is 10.9.